The number of benzene rings is 1. The molecule has 2 aromatic rings. The Morgan fingerprint density at radius 3 is 2.67 bits per heavy atom. The summed E-state index contributed by atoms with van der Waals surface area (Å²) in [6, 6.07) is 11.7. The van der Waals surface area contributed by atoms with Crippen LogP contribution in [-0.4, -0.2) is 4.98 Å². The average Bonchev–Trinajstić information content (AvgIpc) is 2.38. The van der Waals surface area contributed by atoms with E-state index in [0.29, 0.717) is 6.61 Å². The van der Waals surface area contributed by atoms with E-state index in [1.54, 1.807) is 6.20 Å². The summed E-state index contributed by atoms with van der Waals surface area (Å²) in [5.74, 6) is 0.746. The molecule has 0 amide bonds. The van der Waals surface area contributed by atoms with Gasteiger partial charge < -0.3 is 10.5 Å². The Balaban J connectivity index is 2.00. The number of hydrogen-bond acceptors (Lipinski definition) is 3. The number of aromatic nitrogens is 1. The van der Waals surface area contributed by atoms with Crippen molar-refractivity contribution in [3.05, 3.63) is 58.3 Å². The Morgan fingerprint density at radius 1 is 1.28 bits per heavy atom. The van der Waals surface area contributed by atoms with Crippen molar-refractivity contribution in [3.8, 4) is 5.75 Å². The summed E-state index contributed by atoms with van der Waals surface area (Å²) in [7, 11) is 0. The summed E-state index contributed by atoms with van der Waals surface area (Å²) >= 11 is 3.49. The molecule has 0 aliphatic carbocycles. The number of nitrogens with zero attached hydrogens (tertiary/aromatic N) is 1. The summed E-state index contributed by atoms with van der Waals surface area (Å²) in [4.78, 5) is 4.25. The fourth-order valence-corrected chi connectivity index (χ4v) is 1.92. The molecule has 0 bridgehead atoms. The average molecular weight is 307 g/mol. The lowest BCUT2D eigenvalue weighted by atomic mass is 10.2. The van der Waals surface area contributed by atoms with Crippen LogP contribution in [0.5, 0.6) is 5.75 Å². The molecule has 0 unspecified atom stereocenters. The van der Waals surface area contributed by atoms with E-state index in [0.717, 1.165) is 21.5 Å². The van der Waals surface area contributed by atoms with Crippen LogP contribution in [0.15, 0.2) is 47.1 Å². The van der Waals surface area contributed by atoms with Crippen molar-refractivity contribution in [1.82, 2.24) is 4.98 Å². The van der Waals surface area contributed by atoms with E-state index in [2.05, 4.69) is 20.9 Å². The molecule has 1 atom stereocenters. The molecule has 0 aliphatic rings. The SMILES string of the molecule is C[C@H](N)c1ccc(OCc2ccccc2Br)cn1. The lowest BCUT2D eigenvalue weighted by Crippen LogP contribution is -2.07. The quantitative estimate of drug-likeness (QED) is 0.941. The summed E-state index contributed by atoms with van der Waals surface area (Å²) < 4.78 is 6.72. The van der Waals surface area contributed by atoms with Gasteiger partial charge in [0.15, 0.2) is 0 Å². The van der Waals surface area contributed by atoms with Crippen LogP contribution in [0, 0.1) is 0 Å². The zero-order valence-corrected chi connectivity index (χ0v) is 11.7. The number of hydrogen-bond donors (Lipinski definition) is 1. The van der Waals surface area contributed by atoms with Gasteiger partial charge in [-0.1, -0.05) is 34.1 Å². The van der Waals surface area contributed by atoms with Crippen LogP contribution in [0.1, 0.15) is 24.2 Å². The van der Waals surface area contributed by atoms with Gasteiger partial charge in [0, 0.05) is 16.1 Å². The van der Waals surface area contributed by atoms with Crippen molar-refractivity contribution in [3.63, 3.8) is 0 Å². The molecule has 1 aromatic carbocycles. The predicted molar refractivity (Wildman–Crippen MR) is 75.3 cm³/mol. The molecular weight excluding hydrogens is 292 g/mol. The van der Waals surface area contributed by atoms with E-state index in [1.165, 1.54) is 0 Å². The summed E-state index contributed by atoms with van der Waals surface area (Å²) in [6.07, 6.45) is 1.70. The van der Waals surface area contributed by atoms with Gasteiger partial charge in [0.2, 0.25) is 0 Å². The second kappa shape index (κ2) is 5.98. The van der Waals surface area contributed by atoms with Crippen molar-refractivity contribution in [2.24, 2.45) is 5.73 Å². The van der Waals surface area contributed by atoms with Gasteiger partial charge in [-0.2, -0.15) is 0 Å². The molecule has 0 aliphatic heterocycles. The highest BCUT2D eigenvalue weighted by Crippen LogP contribution is 2.19. The molecule has 0 saturated heterocycles. The first-order valence-corrected chi connectivity index (χ1v) is 6.54. The van der Waals surface area contributed by atoms with Gasteiger partial charge in [-0.25, -0.2) is 0 Å². The topological polar surface area (TPSA) is 48.1 Å². The van der Waals surface area contributed by atoms with Gasteiger partial charge in [0.25, 0.3) is 0 Å². The third-order valence-electron chi connectivity index (χ3n) is 2.58. The van der Waals surface area contributed by atoms with Crippen LogP contribution in [-0.2, 0) is 6.61 Å². The van der Waals surface area contributed by atoms with E-state index in [9.17, 15) is 0 Å². The van der Waals surface area contributed by atoms with Crippen LogP contribution in [0.25, 0.3) is 0 Å². The Morgan fingerprint density at radius 2 is 2.06 bits per heavy atom. The number of rotatable bonds is 4. The van der Waals surface area contributed by atoms with Gasteiger partial charge in [0.05, 0.1) is 11.9 Å². The molecule has 0 radical (unpaired) electrons. The van der Waals surface area contributed by atoms with Crippen molar-refractivity contribution in [2.75, 3.05) is 0 Å². The second-order valence-corrected chi connectivity index (χ2v) is 4.94. The standard InChI is InChI=1S/C14H15BrN2O/c1-10(16)14-7-6-12(8-17-14)18-9-11-4-2-3-5-13(11)15/h2-8,10H,9,16H2,1H3/t10-/m0/s1. The molecular formula is C14H15BrN2O. The fourth-order valence-electron chi connectivity index (χ4n) is 1.52. The lowest BCUT2D eigenvalue weighted by Gasteiger charge is -2.09. The largest absolute Gasteiger partial charge is 0.487 e. The van der Waals surface area contributed by atoms with Gasteiger partial charge in [-0.3, -0.25) is 4.98 Å². The van der Waals surface area contributed by atoms with Crippen molar-refractivity contribution in [2.45, 2.75) is 19.6 Å². The second-order valence-electron chi connectivity index (χ2n) is 4.09. The van der Waals surface area contributed by atoms with Gasteiger partial charge in [-0.05, 0) is 25.1 Å². The maximum atomic E-state index is 5.74. The smallest absolute Gasteiger partial charge is 0.138 e. The van der Waals surface area contributed by atoms with E-state index >= 15 is 0 Å². The fraction of sp³-hybridized carbons (Fsp3) is 0.214. The molecule has 0 fully saturated rings. The molecule has 1 heterocycles. The van der Waals surface area contributed by atoms with Gasteiger partial charge in [0.1, 0.15) is 12.4 Å². The van der Waals surface area contributed by atoms with Crippen LogP contribution in [0.4, 0.5) is 0 Å². The normalized spacial score (nSPS) is 12.2. The third-order valence-corrected chi connectivity index (χ3v) is 3.35. The van der Waals surface area contributed by atoms with Crippen molar-refractivity contribution >= 4 is 15.9 Å². The maximum absolute atomic E-state index is 5.74. The minimum atomic E-state index is -0.0534. The molecule has 2 rings (SSSR count). The number of ether oxygens (including phenoxy) is 1. The van der Waals surface area contributed by atoms with E-state index in [-0.39, 0.29) is 6.04 Å². The molecule has 2 N–H and O–H groups in total. The van der Waals surface area contributed by atoms with E-state index < -0.39 is 0 Å². The Bertz CT molecular complexity index is 511. The Labute approximate surface area is 115 Å². The Hall–Kier alpha value is -1.39. The molecule has 0 spiro atoms. The van der Waals surface area contributed by atoms with E-state index in [1.807, 2.05) is 43.3 Å². The number of pyridine rings is 1. The maximum Gasteiger partial charge on any atom is 0.138 e. The Kier molecular flexibility index (Phi) is 4.33. The van der Waals surface area contributed by atoms with Crippen molar-refractivity contribution in [1.29, 1.82) is 0 Å². The summed E-state index contributed by atoms with van der Waals surface area (Å²) in [6.45, 7) is 2.42. The van der Waals surface area contributed by atoms with Crippen LogP contribution in [0.3, 0.4) is 0 Å². The van der Waals surface area contributed by atoms with E-state index in [4.69, 9.17) is 10.5 Å². The first-order valence-electron chi connectivity index (χ1n) is 5.74. The van der Waals surface area contributed by atoms with Crippen LogP contribution >= 0.6 is 15.9 Å². The van der Waals surface area contributed by atoms with Crippen LogP contribution in [0.2, 0.25) is 0 Å². The minimum Gasteiger partial charge on any atom is -0.487 e. The third kappa shape index (κ3) is 3.31. The van der Waals surface area contributed by atoms with Crippen molar-refractivity contribution < 1.29 is 4.74 Å². The predicted octanol–water partition coefficient (Wildman–Crippen LogP) is 3.44. The van der Waals surface area contributed by atoms with Gasteiger partial charge in [-0.15, -0.1) is 0 Å². The molecule has 1 aromatic heterocycles. The minimum absolute atomic E-state index is 0.0534. The molecule has 0 saturated carbocycles. The number of halogens is 1. The highest BCUT2D eigenvalue weighted by molar-refractivity contribution is 9.10. The first-order chi connectivity index (χ1) is 8.66. The molecule has 3 nitrogen and oxygen atoms in total. The summed E-state index contributed by atoms with van der Waals surface area (Å²) in [5, 5.41) is 0. The highest BCUT2D eigenvalue weighted by atomic mass is 79.9. The lowest BCUT2D eigenvalue weighted by molar-refractivity contribution is 0.304. The zero-order valence-electron chi connectivity index (χ0n) is 10.1. The zero-order chi connectivity index (χ0) is 13.0. The monoisotopic (exact) mass is 306 g/mol. The highest BCUT2D eigenvalue weighted by Gasteiger charge is 2.03. The molecule has 94 valence electrons. The molecule has 4 heteroatoms. The molecule has 18 heavy (non-hydrogen) atoms. The summed E-state index contributed by atoms with van der Waals surface area (Å²) in [5.41, 5.74) is 7.71. The first kappa shape index (κ1) is 13.1. The number of nitrogens with two attached hydrogens (primary N) is 1. The van der Waals surface area contributed by atoms with Crippen LogP contribution < -0.4 is 10.5 Å². The van der Waals surface area contributed by atoms with Gasteiger partial charge >= 0.3 is 0 Å².